The lowest BCUT2D eigenvalue weighted by Gasteiger charge is -2.24. The summed E-state index contributed by atoms with van der Waals surface area (Å²) in [4.78, 5) is 4.50. The van der Waals surface area contributed by atoms with Crippen molar-refractivity contribution in [3.8, 4) is 0 Å². The summed E-state index contributed by atoms with van der Waals surface area (Å²) in [6.45, 7) is 1.84. The number of aliphatic imine (C=N–C) groups is 1. The van der Waals surface area contributed by atoms with Crippen LogP contribution in [-0.2, 0) is 0 Å². The van der Waals surface area contributed by atoms with Crippen LogP contribution in [0.4, 0.5) is 0 Å². The number of halogens is 1. The van der Waals surface area contributed by atoms with Gasteiger partial charge in [-0.25, -0.2) is 0 Å². The molecule has 0 aromatic heterocycles. The summed E-state index contributed by atoms with van der Waals surface area (Å²) in [5, 5.41) is 3.55. The Bertz CT molecular complexity index is 561. The molecule has 0 amide bonds. The van der Waals surface area contributed by atoms with Crippen molar-refractivity contribution in [1.29, 1.82) is 0 Å². The zero-order chi connectivity index (χ0) is 14.5. The third kappa shape index (κ3) is 4.05. The van der Waals surface area contributed by atoms with E-state index in [0.29, 0.717) is 0 Å². The van der Waals surface area contributed by atoms with Gasteiger partial charge in [0.05, 0.1) is 12.4 Å². The fraction of sp³-hybridized carbons (Fsp3) is 0.278. The van der Waals surface area contributed by atoms with Crippen molar-refractivity contribution in [2.75, 3.05) is 13.1 Å². The van der Waals surface area contributed by atoms with Gasteiger partial charge in [-0.05, 0) is 11.1 Å². The Hall–Kier alpha value is -1.45. The van der Waals surface area contributed by atoms with Crippen molar-refractivity contribution in [1.82, 2.24) is 5.32 Å². The first kappa shape index (κ1) is 16.9. The van der Waals surface area contributed by atoms with E-state index in [9.17, 15) is 0 Å². The third-order valence-electron chi connectivity index (χ3n) is 3.85. The zero-order valence-electron chi connectivity index (χ0n) is 12.4. The Balaban J connectivity index is 0.00000176. The van der Waals surface area contributed by atoms with Crippen molar-refractivity contribution in [2.24, 2.45) is 4.99 Å². The molecular weight excluding hydrogens is 312 g/mol. The first-order valence-corrected chi connectivity index (χ1v) is 7.91. The van der Waals surface area contributed by atoms with Crippen LogP contribution in [0.5, 0.6) is 0 Å². The highest BCUT2D eigenvalue weighted by Gasteiger charge is 2.24. The number of nitrogens with one attached hydrogen (secondary N) is 1. The van der Waals surface area contributed by atoms with Crippen LogP contribution in [0.2, 0.25) is 0 Å². The summed E-state index contributed by atoms with van der Waals surface area (Å²) < 4.78 is 0. The van der Waals surface area contributed by atoms with Crippen molar-refractivity contribution >= 4 is 30.9 Å². The van der Waals surface area contributed by atoms with Gasteiger partial charge >= 0.3 is 0 Å². The molecule has 2 aromatic carbocycles. The predicted molar refractivity (Wildman–Crippen MR) is 99.7 cm³/mol. The van der Waals surface area contributed by atoms with Crippen molar-refractivity contribution in [3.05, 3.63) is 71.8 Å². The SMILES string of the molecule is Cl.SC(CC1=NCCN1)C(c1ccccc1)c1ccccc1. The van der Waals surface area contributed by atoms with E-state index in [-0.39, 0.29) is 23.6 Å². The van der Waals surface area contributed by atoms with Crippen LogP contribution >= 0.6 is 25.0 Å². The molecule has 1 aliphatic heterocycles. The number of hydrogen-bond donors (Lipinski definition) is 2. The van der Waals surface area contributed by atoms with E-state index in [0.717, 1.165) is 25.3 Å². The molecule has 116 valence electrons. The molecule has 0 saturated carbocycles. The number of hydrogen-bond acceptors (Lipinski definition) is 3. The van der Waals surface area contributed by atoms with Gasteiger partial charge in [0, 0.05) is 24.1 Å². The van der Waals surface area contributed by atoms with Gasteiger partial charge in [-0.3, -0.25) is 4.99 Å². The Kier molecular flexibility index (Phi) is 6.34. The van der Waals surface area contributed by atoms with Crippen molar-refractivity contribution in [3.63, 3.8) is 0 Å². The van der Waals surface area contributed by atoms with Gasteiger partial charge in [0.2, 0.25) is 0 Å². The predicted octanol–water partition coefficient (Wildman–Crippen LogP) is 3.93. The van der Waals surface area contributed by atoms with Gasteiger partial charge in [0.1, 0.15) is 0 Å². The lowest BCUT2D eigenvalue weighted by molar-refractivity contribution is 0.758. The minimum absolute atomic E-state index is 0. The molecule has 0 bridgehead atoms. The van der Waals surface area contributed by atoms with Crippen molar-refractivity contribution < 1.29 is 0 Å². The fourth-order valence-electron chi connectivity index (χ4n) is 2.86. The van der Waals surface area contributed by atoms with Gasteiger partial charge in [-0.1, -0.05) is 60.7 Å². The number of rotatable bonds is 5. The maximum atomic E-state index is 4.90. The van der Waals surface area contributed by atoms with Gasteiger partial charge in [-0.15, -0.1) is 12.4 Å². The van der Waals surface area contributed by atoms with Crippen molar-refractivity contribution in [2.45, 2.75) is 17.6 Å². The number of amidine groups is 1. The maximum absolute atomic E-state index is 4.90. The standard InChI is InChI=1S/C18H20N2S.ClH/c21-16(13-17-19-11-12-20-17)18(14-7-3-1-4-8-14)15-9-5-2-6-10-15;/h1-10,16,18,21H,11-13H2,(H,19,20);1H. The van der Waals surface area contributed by atoms with Crippen LogP contribution in [0.1, 0.15) is 23.5 Å². The number of thiol groups is 1. The highest BCUT2D eigenvalue weighted by atomic mass is 35.5. The third-order valence-corrected chi connectivity index (χ3v) is 4.33. The van der Waals surface area contributed by atoms with E-state index in [2.05, 4.69) is 71.0 Å². The largest absolute Gasteiger partial charge is 0.372 e. The molecule has 0 fully saturated rings. The molecule has 1 unspecified atom stereocenters. The molecule has 3 rings (SSSR count). The monoisotopic (exact) mass is 332 g/mol. The smallest absolute Gasteiger partial charge is 0.0975 e. The second kappa shape index (κ2) is 8.25. The second-order valence-electron chi connectivity index (χ2n) is 5.33. The summed E-state index contributed by atoms with van der Waals surface area (Å²) in [5.74, 6) is 1.37. The normalized spacial score (nSPS) is 14.9. The minimum Gasteiger partial charge on any atom is -0.372 e. The average Bonchev–Trinajstić information content (AvgIpc) is 3.02. The second-order valence-corrected chi connectivity index (χ2v) is 5.99. The topological polar surface area (TPSA) is 24.4 Å². The molecule has 0 radical (unpaired) electrons. The fourth-order valence-corrected chi connectivity index (χ4v) is 3.37. The molecule has 1 aliphatic rings. The maximum Gasteiger partial charge on any atom is 0.0975 e. The van der Waals surface area contributed by atoms with E-state index >= 15 is 0 Å². The van der Waals surface area contributed by atoms with Crippen LogP contribution in [0.25, 0.3) is 0 Å². The molecule has 4 heteroatoms. The summed E-state index contributed by atoms with van der Waals surface area (Å²) in [5.41, 5.74) is 2.62. The molecule has 0 spiro atoms. The van der Waals surface area contributed by atoms with E-state index in [1.54, 1.807) is 0 Å². The summed E-state index contributed by atoms with van der Waals surface area (Å²) in [7, 11) is 0. The van der Waals surface area contributed by atoms with E-state index in [1.165, 1.54) is 11.1 Å². The molecule has 2 aromatic rings. The lowest BCUT2D eigenvalue weighted by atomic mass is 9.87. The first-order chi connectivity index (χ1) is 10.3. The van der Waals surface area contributed by atoms with Crippen LogP contribution in [0.15, 0.2) is 65.7 Å². The van der Waals surface area contributed by atoms with E-state index < -0.39 is 0 Å². The first-order valence-electron chi connectivity index (χ1n) is 7.40. The van der Waals surface area contributed by atoms with Crippen LogP contribution in [0, 0.1) is 0 Å². The number of nitrogens with zero attached hydrogens (tertiary/aromatic N) is 1. The highest BCUT2D eigenvalue weighted by molar-refractivity contribution is 7.81. The average molecular weight is 333 g/mol. The van der Waals surface area contributed by atoms with Crippen LogP contribution < -0.4 is 5.32 Å². The Morgan fingerprint density at radius 2 is 1.50 bits per heavy atom. The molecule has 0 saturated heterocycles. The lowest BCUT2D eigenvalue weighted by Crippen LogP contribution is -2.25. The molecule has 22 heavy (non-hydrogen) atoms. The molecular formula is C18H21ClN2S. The molecule has 1 heterocycles. The summed E-state index contributed by atoms with van der Waals surface area (Å²) in [6.07, 6.45) is 0.873. The Labute approximate surface area is 143 Å². The van der Waals surface area contributed by atoms with Gasteiger partial charge < -0.3 is 5.32 Å². The molecule has 0 aliphatic carbocycles. The minimum atomic E-state index is 0. The number of benzene rings is 2. The summed E-state index contributed by atoms with van der Waals surface area (Å²) in [6, 6.07) is 21.2. The quantitative estimate of drug-likeness (QED) is 0.797. The van der Waals surface area contributed by atoms with Gasteiger partial charge in [-0.2, -0.15) is 12.6 Å². The summed E-state index contributed by atoms with van der Waals surface area (Å²) >= 11 is 4.90. The van der Waals surface area contributed by atoms with Gasteiger partial charge in [0.15, 0.2) is 0 Å². The Morgan fingerprint density at radius 3 is 1.95 bits per heavy atom. The zero-order valence-corrected chi connectivity index (χ0v) is 14.1. The van der Waals surface area contributed by atoms with Crippen LogP contribution in [-0.4, -0.2) is 24.2 Å². The molecule has 1 atom stereocenters. The molecule has 1 N–H and O–H groups in total. The van der Waals surface area contributed by atoms with E-state index in [1.807, 2.05) is 0 Å². The van der Waals surface area contributed by atoms with Crippen LogP contribution in [0.3, 0.4) is 0 Å². The highest BCUT2D eigenvalue weighted by Crippen LogP contribution is 2.32. The van der Waals surface area contributed by atoms with Gasteiger partial charge in [0.25, 0.3) is 0 Å². The Morgan fingerprint density at radius 1 is 0.955 bits per heavy atom. The van der Waals surface area contributed by atoms with E-state index in [4.69, 9.17) is 12.6 Å². The molecule has 2 nitrogen and oxygen atoms in total.